The van der Waals surface area contributed by atoms with E-state index in [9.17, 15) is 14.4 Å². The van der Waals surface area contributed by atoms with Gasteiger partial charge < -0.3 is 20.2 Å². The molecule has 0 spiro atoms. The molecule has 19 heavy (non-hydrogen) atoms. The molecule has 0 saturated carbocycles. The van der Waals surface area contributed by atoms with Gasteiger partial charge in [-0.2, -0.15) is 0 Å². The number of hydrogen-bond donors (Lipinski definition) is 2. The van der Waals surface area contributed by atoms with Gasteiger partial charge in [0.15, 0.2) is 0 Å². The van der Waals surface area contributed by atoms with Gasteiger partial charge in [-0.15, -0.1) is 0 Å². The molecule has 1 aliphatic heterocycles. The van der Waals surface area contributed by atoms with Crippen LogP contribution in [0.15, 0.2) is 0 Å². The summed E-state index contributed by atoms with van der Waals surface area (Å²) in [7, 11) is 1.63. The number of piperazine rings is 1. The maximum atomic E-state index is 12.2. The topological polar surface area (TPSA) is 90.0 Å². The molecule has 0 aromatic rings. The Morgan fingerprint density at radius 2 is 2.21 bits per heavy atom. The number of nitrogens with one attached hydrogen (secondary N) is 1. The van der Waals surface area contributed by atoms with Crippen LogP contribution in [0.2, 0.25) is 0 Å². The molecule has 108 valence electrons. The van der Waals surface area contributed by atoms with Crippen LogP contribution < -0.4 is 5.32 Å². The van der Waals surface area contributed by atoms with Gasteiger partial charge in [-0.05, 0) is 12.8 Å². The van der Waals surface area contributed by atoms with E-state index >= 15 is 0 Å². The van der Waals surface area contributed by atoms with E-state index in [1.807, 2.05) is 6.92 Å². The Balaban J connectivity index is 2.54. The zero-order valence-corrected chi connectivity index (χ0v) is 11.4. The van der Waals surface area contributed by atoms with Gasteiger partial charge in [-0.1, -0.05) is 6.92 Å². The van der Waals surface area contributed by atoms with Crippen LogP contribution in [0.25, 0.3) is 0 Å². The summed E-state index contributed by atoms with van der Waals surface area (Å²) in [4.78, 5) is 37.3. The number of nitrogens with zero attached hydrogens (tertiary/aromatic N) is 2. The molecule has 0 aliphatic carbocycles. The first-order chi connectivity index (χ1) is 8.97. The zero-order valence-electron chi connectivity index (χ0n) is 11.4. The number of carbonyl (C=O) groups excluding carboxylic acids is 2. The van der Waals surface area contributed by atoms with E-state index in [4.69, 9.17) is 5.11 Å². The van der Waals surface area contributed by atoms with Gasteiger partial charge in [-0.25, -0.2) is 4.79 Å². The molecule has 2 N–H and O–H groups in total. The summed E-state index contributed by atoms with van der Waals surface area (Å²) in [6.45, 7) is 3.19. The maximum absolute atomic E-state index is 12.2. The third-order valence-corrected chi connectivity index (χ3v) is 3.17. The molecule has 7 heteroatoms. The Kier molecular flexibility index (Phi) is 5.59. The predicted molar refractivity (Wildman–Crippen MR) is 68.7 cm³/mol. The van der Waals surface area contributed by atoms with Crippen LogP contribution in [-0.4, -0.2) is 65.5 Å². The highest BCUT2D eigenvalue weighted by Gasteiger charge is 2.32. The van der Waals surface area contributed by atoms with Crippen LogP contribution >= 0.6 is 0 Å². The van der Waals surface area contributed by atoms with Gasteiger partial charge in [-0.3, -0.25) is 9.59 Å². The molecule has 1 fully saturated rings. The van der Waals surface area contributed by atoms with Crippen molar-refractivity contribution in [3.63, 3.8) is 0 Å². The molecule has 1 unspecified atom stereocenters. The van der Waals surface area contributed by atoms with Crippen molar-refractivity contribution in [2.45, 2.75) is 32.2 Å². The highest BCUT2D eigenvalue weighted by Crippen LogP contribution is 2.11. The van der Waals surface area contributed by atoms with E-state index < -0.39 is 12.0 Å². The monoisotopic (exact) mass is 271 g/mol. The maximum Gasteiger partial charge on any atom is 0.320 e. The Morgan fingerprint density at radius 3 is 2.79 bits per heavy atom. The second-order valence-electron chi connectivity index (χ2n) is 4.61. The highest BCUT2D eigenvalue weighted by atomic mass is 16.4. The minimum Gasteiger partial charge on any atom is -0.481 e. The van der Waals surface area contributed by atoms with E-state index in [1.54, 1.807) is 11.9 Å². The molecular formula is C12H21N3O4. The first-order valence-corrected chi connectivity index (χ1v) is 6.48. The van der Waals surface area contributed by atoms with Crippen molar-refractivity contribution in [1.29, 1.82) is 0 Å². The summed E-state index contributed by atoms with van der Waals surface area (Å²) in [6.07, 6.45) is 1.02. The zero-order chi connectivity index (χ0) is 14.4. The second kappa shape index (κ2) is 6.96. The fourth-order valence-electron chi connectivity index (χ4n) is 2.13. The SMILES string of the molecule is CCC1C(=O)NCCN1C(=O)N(C)CCCC(=O)O. The lowest BCUT2D eigenvalue weighted by Gasteiger charge is -2.36. The fraction of sp³-hybridized carbons (Fsp3) is 0.750. The number of amides is 3. The fourth-order valence-corrected chi connectivity index (χ4v) is 2.13. The van der Waals surface area contributed by atoms with Crippen LogP contribution in [0.5, 0.6) is 0 Å². The highest BCUT2D eigenvalue weighted by molar-refractivity contribution is 5.88. The van der Waals surface area contributed by atoms with E-state index in [2.05, 4.69) is 5.32 Å². The molecule has 1 heterocycles. The van der Waals surface area contributed by atoms with Gasteiger partial charge >= 0.3 is 12.0 Å². The van der Waals surface area contributed by atoms with Crippen molar-refractivity contribution in [2.75, 3.05) is 26.7 Å². The van der Waals surface area contributed by atoms with Crippen molar-refractivity contribution in [3.05, 3.63) is 0 Å². The molecule has 1 aliphatic rings. The average molecular weight is 271 g/mol. The molecule has 1 rings (SSSR count). The molecule has 3 amide bonds. The lowest BCUT2D eigenvalue weighted by molar-refractivity contribution is -0.137. The van der Waals surface area contributed by atoms with Crippen molar-refractivity contribution in [2.24, 2.45) is 0 Å². The number of aliphatic carboxylic acids is 1. The van der Waals surface area contributed by atoms with Crippen LogP contribution in [0, 0.1) is 0 Å². The van der Waals surface area contributed by atoms with Crippen LogP contribution in [-0.2, 0) is 9.59 Å². The number of urea groups is 1. The van der Waals surface area contributed by atoms with E-state index in [-0.39, 0.29) is 18.4 Å². The number of carboxylic acid groups (broad SMARTS) is 1. The number of carbonyl (C=O) groups is 3. The van der Waals surface area contributed by atoms with E-state index in [1.165, 1.54) is 4.90 Å². The first-order valence-electron chi connectivity index (χ1n) is 6.48. The van der Waals surface area contributed by atoms with E-state index in [0.29, 0.717) is 32.5 Å². The van der Waals surface area contributed by atoms with Gasteiger partial charge in [0, 0.05) is 33.1 Å². The largest absolute Gasteiger partial charge is 0.481 e. The summed E-state index contributed by atoms with van der Waals surface area (Å²) in [5.74, 6) is -0.995. The van der Waals surface area contributed by atoms with Crippen LogP contribution in [0.4, 0.5) is 4.79 Å². The summed E-state index contributed by atoms with van der Waals surface area (Å²) in [5.41, 5.74) is 0. The smallest absolute Gasteiger partial charge is 0.320 e. The molecule has 1 saturated heterocycles. The van der Waals surface area contributed by atoms with Gasteiger partial charge in [0.2, 0.25) is 5.91 Å². The molecule has 0 aromatic heterocycles. The van der Waals surface area contributed by atoms with Crippen molar-refractivity contribution in [1.82, 2.24) is 15.1 Å². The minimum atomic E-state index is -0.871. The molecular weight excluding hydrogens is 250 g/mol. The molecule has 0 radical (unpaired) electrons. The molecule has 1 atom stereocenters. The minimum absolute atomic E-state index is 0.0370. The molecule has 7 nitrogen and oxygen atoms in total. The Morgan fingerprint density at radius 1 is 1.53 bits per heavy atom. The Bertz CT molecular complexity index is 359. The Hall–Kier alpha value is -1.79. The van der Waals surface area contributed by atoms with Crippen molar-refractivity contribution >= 4 is 17.9 Å². The van der Waals surface area contributed by atoms with Crippen LogP contribution in [0.3, 0.4) is 0 Å². The van der Waals surface area contributed by atoms with Crippen LogP contribution in [0.1, 0.15) is 26.2 Å². The lowest BCUT2D eigenvalue weighted by Crippen LogP contribution is -2.59. The summed E-state index contributed by atoms with van der Waals surface area (Å²) >= 11 is 0. The standard InChI is InChI=1S/C12H21N3O4/c1-3-9-11(18)13-6-8-15(9)12(19)14(2)7-4-5-10(16)17/h9H,3-8H2,1-2H3,(H,13,18)(H,16,17). The van der Waals surface area contributed by atoms with Gasteiger partial charge in [0.05, 0.1) is 0 Å². The predicted octanol–water partition coefficient (Wildman–Crippen LogP) is 0.113. The summed E-state index contributed by atoms with van der Waals surface area (Å²) < 4.78 is 0. The Labute approximate surface area is 112 Å². The number of carboxylic acids is 1. The molecule has 0 aromatic carbocycles. The normalized spacial score (nSPS) is 18.9. The van der Waals surface area contributed by atoms with E-state index in [0.717, 1.165) is 0 Å². The van der Waals surface area contributed by atoms with Gasteiger partial charge in [0.25, 0.3) is 0 Å². The lowest BCUT2D eigenvalue weighted by atomic mass is 10.1. The summed E-state index contributed by atoms with van der Waals surface area (Å²) in [6, 6.07) is -0.643. The number of rotatable bonds is 5. The number of hydrogen-bond acceptors (Lipinski definition) is 3. The van der Waals surface area contributed by atoms with Crippen molar-refractivity contribution in [3.8, 4) is 0 Å². The summed E-state index contributed by atoms with van der Waals surface area (Å²) in [5, 5.41) is 11.3. The third kappa shape index (κ3) is 4.11. The molecule has 0 bridgehead atoms. The third-order valence-electron chi connectivity index (χ3n) is 3.17. The van der Waals surface area contributed by atoms with Gasteiger partial charge in [0.1, 0.15) is 6.04 Å². The quantitative estimate of drug-likeness (QED) is 0.743. The van der Waals surface area contributed by atoms with Crippen molar-refractivity contribution < 1.29 is 19.5 Å². The first kappa shape index (κ1) is 15.3. The average Bonchev–Trinajstić information content (AvgIpc) is 2.37. The second-order valence-corrected chi connectivity index (χ2v) is 4.61.